The molecule has 2 rings (SSSR count). The van der Waals surface area contributed by atoms with Crippen LogP contribution in [0.15, 0.2) is 33.8 Å². The predicted molar refractivity (Wildman–Crippen MR) is 127 cm³/mol. The van der Waals surface area contributed by atoms with Crippen LogP contribution in [0.4, 0.5) is 4.79 Å². The molecule has 11 heteroatoms. The van der Waals surface area contributed by atoms with E-state index in [-0.39, 0.29) is 24.0 Å². The molecule has 0 unspecified atom stereocenters. The van der Waals surface area contributed by atoms with Crippen molar-refractivity contribution in [1.29, 1.82) is 0 Å². The Hall–Kier alpha value is -2.08. The van der Waals surface area contributed by atoms with Gasteiger partial charge >= 0.3 is 6.09 Å². The van der Waals surface area contributed by atoms with Gasteiger partial charge in [0.15, 0.2) is 5.96 Å². The smallest absolute Gasteiger partial charge is 0.407 e. The summed E-state index contributed by atoms with van der Waals surface area (Å²) in [6.45, 7) is 6.92. The Labute approximate surface area is 198 Å². The number of halogens is 2. The highest BCUT2D eigenvalue weighted by atomic mass is 127. The van der Waals surface area contributed by atoms with Crippen LogP contribution >= 0.6 is 35.6 Å². The van der Waals surface area contributed by atoms with Gasteiger partial charge in [0.05, 0.1) is 0 Å². The zero-order valence-electron chi connectivity index (χ0n) is 17.5. The lowest BCUT2D eigenvalue weighted by Crippen LogP contribution is -2.43. The Morgan fingerprint density at radius 2 is 1.77 bits per heavy atom. The molecule has 0 spiro atoms. The second kappa shape index (κ2) is 12.6. The van der Waals surface area contributed by atoms with Crippen LogP contribution in [0.1, 0.15) is 26.7 Å². The van der Waals surface area contributed by atoms with Crippen LogP contribution in [0.3, 0.4) is 0 Å². The van der Waals surface area contributed by atoms with Crippen LogP contribution in [-0.4, -0.2) is 54.5 Å². The lowest BCUT2D eigenvalue weighted by molar-refractivity contribution is 0.0529. The van der Waals surface area contributed by atoms with Gasteiger partial charge in [-0.15, -0.1) is 24.0 Å². The number of amides is 1. The zero-order valence-corrected chi connectivity index (χ0v) is 20.6. The van der Waals surface area contributed by atoms with Gasteiger partial charge in [0.25, 0.3) is 0 Å². The molecular weight excluding hydrogens is 523 g/mol. The standard InChI is InChI=1S/C19H27ClN6O3.HI/c1-19(2,3)28-18(27)24-12-11-23-17(21-4)22-10-9-15-25-16(26-29-15)13-5-7-14(20)8-6-13;/h5-8H,9-12H2,1-4H3,(H,24,27)(H2,21,22,23);1H. The highest BCUT2D eigenvalue weighted by Gasteiger charge is 2.15. The summed E-state index contributed by atoms with van der Waals surface area (Å²) < 4.78 is 10.4. The third kappa shape index (κ3) is 9.61. The van der Waals surface area contributed by atoms with Gasteiger partial charge in [0.2, 0.25) is 11.7 Å². The fourth-order valence-electron chi connectivity index (χ4n) is 2.24. The van der Waals surface area contributed by atoms with E-state index in [0.717, 1.165) is 5.56 Å². The molecule has 0 fully saturated rings. The van der Waals surface area contributed by atoms with Gasteiger partial charge in [-0.2, -0.15) is 4.98 Å². The van der Waals surface area contributed by atoms with Crippen molar-refractivity contribution < 1.29 is 14.1 Å². The molecule has 1 aromatic carbocycles. The number of ether oxygens (including phenoxy) is 1. The Morgan fingerprint density at radius 1 is 1.13 bits per heavy atom. The average Bonchev–Trinajstić information content (AvgIpc) is 3.11. The van der Waals surface area contributed by atoms with Crippen molar-refractivity contribution in [3.63, 3.8) is 0 Å². The fourth-order valence-corrected chi connectivity index (χ4v) is 2.37. The van der Waals surface area contributed by atoms with Gasteiger partial charge in [-0.3, -0.25) is 4.99 Å². The number of nitrogens with one attached hydrogen (secondary N) is 3. The van der Waals surface area contributed by atoms with Crippen molar-refractivity contribution in [2.75, 3.05) is 26.7 Å². The van der Waals surface area contributed by atoms with Crippen LogP contribution in [0.5, 0.6) is 0 Å². The summed E-state index contributed by atoms with van der Waals surface area (Å²) in [6.07, 6.45) is 0.0902. The van der Waals surface area contributed by atoms with E-state index in [4.69, 9.17) is 20.9 Å². The number of hydrogen-bond acceptors (Lipinski definition) is 6. The molecule has 0 atom stereocenters. The van der Waals surface area contributed by atoms with E-state index >= 15 is 0 Å². The minimum absolute atomic E-state index is 0. The van der Waals surface area contributed by atoms with Crippen LogP contribution in [0.25, 0.3) is 11.4 Å². The van der Waals surface area contributed by atoms with E-state index < -0.39 is 11.7 Å². The largest absolute Gasteiger partial charge is 0.444 e. The topological polar surface area (TPSA) is 114 Å². The Balaban J connectivity index is 0.00000450. The quantitative estimate of drug-likeness (QED) is 0.210. The molecule has 30 heavy (non-hydrogen) atoms. The van der Waals surface area contributed by atoms with Crippen molar-refractivity contribution in [1.82, 2.24) is 26.1 Å². The van der Waals surface area contributed by atoms with Gasteiger partial charge in [-0.1, -0.05) is 16.8 Å². The maximum absolute atomic E-state index is 11.6. The fraction of sp³-hybridized carbons (Fsp3) is 0.474. The Kier molecular flexibility index (Phi) is 10.9. The minimum atomic E-state index is -0.517. The van der Waals surface area contributed by atoms with Crippen LogP contribution in [0.2, 0.25) is 5.02 Å². The van der Waals surface area contributed by atoms with Gasteiger partial charge in [0.1, 0.15) is 5.60 Å². The van der Waals surface area contributed by atoms with E-state index in [9.17, 15) is 4.79 Å². The first-order chi connectivity index (χ1) is 13.8. The summed E-state index contributed by atoms with van der Waals surface area (Å²) in [7, 11) is 1.67. The summed E-state index contributed by atoms with van der Waals surface area (Å²) in [6, 6.07) is 7.24. The molecule has 0 bridgehead atoms. The van der Waals surface area contributed by atoms with Crippen LogP contribution in [-0.2, 0) is 11.2 Å². The van der Waals surface area contributed by atoms with Crippen LogP contribution < -0.4 is 16.0 Å². The lowest BCUT2D eigenvalue weighted by Gasteiger charge is -2.19. The van der Waals surface area contributed by atoms with E-state index in [1.54, 1.807) is 19.2 Å². The number of aromatic nitrogens is 2. The SMILES string of the molecule is CN=C(NCCNC(=O)OC(C)(C)C)NCCc1nc(-c2ccc(Cl)cc2)no1.I. The molecule has 0 radical (unpaired) electrons. The van der Waals surface area contributed by atoms with Crippen molar-refractivity contribution in [3.05, 3.63) is 35.2 Å². The number of alkyl carbamates (subject to hydrolysis) is 1. The molecule has 3 N–H and O–H groups in total. The number of rotatable bonds is 7. The lowest BCUT2D eigenvalue weighted by atomic mass is 10.2. The van der Waals surface area contributed by atoms with E-state index in [0.29, 0.717) is 48.8 Å². The van der Waals surface area contributed by atoms with Crippen molar-refractivity contribution in [3.8, 4) is 11.4 Å². The number of hydrogen-bond donors (Lipinski definition) is 3. The van der Waals surface area contributed by atoms with E-state index in [2.05, 4.69) is 31.1 Å². The molecule has 0 aliphatic carbocycles. The predicted octanol–water partition coefficient (Wildman–Crippen LogP) is 3.24. The number of guanidine groups is 1. The first-order valence-electron chi connectivity index (χ1n) is 9.27. The second-order valence-electron chi connectivity index (χ2n) is 7.12. The summed E-state index contributed by atoms with van der Waals surface area (Å²) >= 11 is 5.89. The molecule has 2 aromatic rings. The summed E-state index contributed by atoms with van der Waals surface area (Å²) in [4.78, 5) is 20.1. The third-order valence-corrected chi connectivity index (χ3v) is 3.76. The zero-order chi connectivity index (χ0) is 21.3. The molecule has 9 nitrogen and oxygen atoms in total. The summed E-state index contributed by atoms with van der Waals surface area (Å²) in [5, 5.41) is 13.6. The van der Waals surface area contributed by atoms with Crippen LogP contribution in [0, 0.1) is 0 Å². The molecular formula is C19H28ClIN6O3. The first kappa shape index (κ1) is 26.0. The maximum atomic E-state index is 11.6. The summed E-state index contributed by atoms with van der Waals surface area (Å²) in [5.41, 5.74) is 0.324. The number of aliphatic imine (C=N–C) groups is 1. The van der Waals surface area contributed by atoms with Gasteiger partial charge in [-0.05, 0) is 45.0 Å². The molecule has 166 valence electrons. The molecule has 1 heterocycles. The third-order valence-electron chi connectivity index (χ3n) is 3.51. The molecule has 0 saturated carbocycles. The van der Waals surface area contributed by atoms with Gasteiger partial charge in [0, 0.05) is 43.7 Å². The molecule has 0 aliphatic rings. The average molecular weight is 551 g/mol. The van der Waals surface area contributed by atoms with E-state index in [1.807, 2.05) is 32.9 Å². The number of carbonyl (C=O) groups is 1. The molecule has 1 amide bonds. The van der Waals surface area contributed by atoms with Gasteiger partial charge in [-0.25, -0.2) is 4.79 Å². The maximum Gasteiger partial charge on any atom is 0.407 e. The number of benzene rings is 1. The first-order valence-corrected chi connectivity index (χ1v) is 9.64. The van der Waals surface area contributed by atoms with E-state index in [1.165, 1.54) is 0 Å². The van der Waals surface area contributed by atoms with Gasteiger partial charge < -0.3 is 25.2 Å². The molecule has 1 aromatic heterocycles. The number of nitrogens with zero attached hydrogens (tertiary/aromatic N) is 3. The highest BCUT2D eigenvalue weighted by Crippen LogP contribution is 2.18. The Morgan fingerprint density at radius 3 is 2.40 bits per heavy atom. The van der Waals surface area contributed by atoms with Crippen molar-refractivity contribution >= 4 is 47.6 Å². The normalized spacial score (nSPS) is 11.4. The highest BCUT2D eigenvalue weighted by molar-refractivity contribution is 14.0. The minimum Gasteiger partial charge on any atom is -0.444 e. The molecule has 0 aliphatic heterocycles. The second-order valence-corrected chi connectivity index (χ2v) is 7.56. The van der Waals surface area contributed by atoms with Crippen molar-refractivity contribution in [2.45, 2.75) is 32.8 Å². The Bertz CT molecular complexity index is 820. The van der Waals surface area contributed by atoms with Crippen molar-refractivity contribution in [2.24, 2.45) is 4.99 Å². The summed E-state index contributed by atoms with van der Waals surface area (Å²) in [5.74, 6) is 1.64. The monoisotopic (exact) mass is 550 g/mol. The molecule has 0 saturated heterocycles. The number of carbonyl (C=O) groups excluding carboxylic acids is 1.